The van der Waals surface area contributed by atoms with Crippen LogP contribution in [0.1, 0.15) is 29.8 Å². The first-order valence-electron chi connectivity index (χ1n) is 6.60. The molecule has 1 aliphatic rings. The Kier molecular flexibility index (Phi) is 4.27. The Labute approximate surface area is 114 Å². The molecule has 1 aromatic rings. The molecule has 2 heterocycles. The molecule has 19 heavy (non-hydrogen) atoms. The van der Waals surface area contributed by atoms with Crippen LogP contribution in [0.4, 0.5) is 0 Å². The second-order valence-electron chi connectivity index (χ2n) is 5.09. The predicted octanol–water partition coefficient (Wildman–Crippen LogP) is 0.208. The van der Waals surface area contributed by atoms with Crippen LogP contribution in [0, 0.1) is 13.8 Å². The van der Waals surface area contributed by atoms with Gasteiger partial charge in [-0.25, -0.2) is 13.1 Å². The molecule has 7 heteroatoms. The van der Waals surface area contributed by atoms with Gasteiger partial charge < -0.3 is 5.32 Å². The summed E-state index contributed by atoms with van der Waals surface area (Å²) in [5.41, 5.74) is 2.86. The third-order valence-electron chi connectivity index (χ3n) is 3.83. The summed E-state index contributed by atoms with van der Waals surface area (Å²) in [6.07, 6.45) is 1.36. The van der Waals surface area contributed by atoms with E-state index in [2.05, 4.69) is 15.1 Å². The number of aromatic nitrogens is 2. The molecule has 1 aromatic heterocycles. The Morgan fingerprint density at radius 2 is 2.00 bits per heavy atom. The van der Waals surface area contributed by atoms with Gasteiger partial charge in [-0.1, -0.05) is 0 Å². The van der Waals surface area contributed by atoms with Gasteiger partial charge >= 0.3 is 0 Å². The molecular weight excluding hydrogens is 264 g/mol. The second-order valence-corrected chi connectivity index (χ2v) is 7.13. The van der Waals surface area contributed by atoms with Crippen LogP contribution in [0.3, 0.4) is 0 Å². The SMILES string of the molecule is Cc1nn(C)c(C)c1CNS(=O)(=O)C1CCNCC1. The molecule has 0 radical (unpaired) electrons. The van der Waals surface area contributed by atoms with Crippen LogP contribution in [-0.2, 0) is 23.6 Å². The normalized spacial score (nSPS) is 17.8. The van der Waals surface area contributed by atoms with Crippen LogP contribution in [0.25, 0.3) is 0 Å². The van der Waals surface area contributed by atoms with Crippen LogP contribution in [-0.4, -0.2) is 36.5 Å². The molecule has 2 N–H and O–H groups in total. The van der Waals surface area contributed by atoms with Gasteiger partial charge in [0.15, 0.2) is 0 Å². The van der Waals surface area contributed by atoms with Gasteiger partial charge in [0, 0.05) is 24.8 Å². The first-order chi connectivity index (χ1) is 8.92. The van der Waals surface area contributed by atoms with Gasteiger partial charge in [0.2, 0.25) is 10.0 Å². The minimum Gasteiger partial charge on any atom is -0.317 e. The summed E-state index contributed by atoms with van der Waals surface area (Å²) in [6.45, 7) is 5.74. The van der Waals surface area contributed by atoms with Crippen molar-refractivity contribution in [2.24, 2.45) is 7.05 Å². The summed E-state index contributed by atoms with van der Waals surface area (Å²) in [7, 11) is -1.36. The van der Waals surface area contributed by atoms with E-state index in [9.17, 15) is 8.42 Å². The van der Waals surface area contributed by atoms with E-state index >= 15 is 0 Å². The molecule has 1 saturated heterocycles. The summed E-state index contributed by atoms with van der Waals surface area (Å²) in [5.74, 6) is 0. The maximum atomic E-state index is 12.2. The molecule has 1 fully saturated rings. The highest BCUT2D eigenvalue weighted by Crippen LogP contribution is 2.15. The molecule has 0 saturated carbocycles. The van der Waals surface area contributed by atoms with E-state index in [0.29, 0.717) is 19.4 Å². The Bertz CT molecular complexity index is 544. The molecule has 2 rings (SSSR count). The topological polar surface area (TPSA) is 76.0 Å². The Hall–Kier alpha value is -0.920. The van der Waals surface area contributed by atoms with Crippen molar-refractivity contribution in [1.29, 1.82) is 0 Å². The van der Waals surface area contributed by atoms with Crippen molar-refractivity contribution in [2.75, 3.05) is 13.1 Å². The Morgan fingerprint density at radius 1 is 1.37 bits per heavy atom. The lowest BCUT2D eigenvalue weighted by atomic mass is 10.2. The molecule has 0 amide bonds. The van der Waals surface area contributed by atoms with Gasteiger partial charge in [0.25, 0.3) is 0 Å². The third-order valence-corrected chi connectivity index (χ3v) is 5.73. The lowest BCUT2D eigenvalue weighted by Crippen LogP contribution is -2.41. The highest BCUT2D eigenvalue weighted by Gasteiger charge is 2.27. The van der Waals surface area contributed by atoms with Crippen molar-refractivity contribution in [3.05, 3.63) is 17.0 Å². The van der Waals surface area contributed by atoms with Crippen molar-refractivity contribution < 1.29 is 8.42 Å². The zero-order chi connectivity index (χ0) is 14.0. The zero-order valence-corrected chi connectivity index (χ0v) is 12.5. The number of piperidine rings is 1. The van der Waals surface area contributed by atoms with Crippen molar-refractivity contribution >= 4 is 10.0 Å². The van der Waals surface area contributed by atoms with Gasteiger partial charge in [-0.3, -0.25) is 4.68 Å². The molecule has 0 aromatic carbocycles. The Balaban J connectivity index is 2.05. The standard InChI is InChI=1S/C12H22N4O2S/c1-9-12(10(2)16(3)15-9)8-14-19(17,18)11-4-6-13-7-5-11/h11,13-14H,4-8H2,1-3H3. The molecule has 0 unspecified atom stereocenters. The van der Waals surface area contributed by atoms with Gasteiger partial charge in [-0.05, 0) is 39.8 Å². The molecule has 0 atom stereocenters. The monoisotopic (exact) mass is 286 g/mol. The van der Waals surface area contributed by atoms with Crippen LogP contribution < -0.4 is 10.0 Å². The zero-order valence-electron chi connectivity index (χ0n) is 11.7. The molecular formula is C12H22N4O2S. The molecule has 6 nitrogen and oxygen atoms in total. The average Bonchev–Trinajstić information content (AvgIpc) is 2.62. The summed E-state index contributed by atoms with van der Waals surface area (Å²) in [6, 6.07) is 0. The van der Waals surface area contributed by atoms with E-state index in [1.807, 2.05) is 20.9 Å². The van der Waals surface area contributed by atoms with E-state index in [4.69, 9.17) is 0 Å². The van der Waals surface area contributed by atoms with Crippen LogP contribution in [0.15, 0.2) is 0 Å². The lowest BCUT2D eigenvalue weighted by Gasteiger charge is -2.22. The summed E-state index contributed by atoms with van der Waals surface area (Å²) < 4.78 is 29.0. The van der Waals surface area contributed by atoms with E-state index < -0.39 is 10.0 Å². The Morgan fingerprint density at radius 3 is 2.53 bits per heavy atom. The van der Waals surface area contributed by atoms with E-state index in [0.717, 1.165) is 30.0 Å². The van der Waals surface area contributed by atoms with Crippen molar-refractivity contribution in [1.82, 2.24) is 19.8 Å². The van der Waals surface area contributed by atoms with Gasteiger partial charge in [-0.15, -0.1) is 0 Å². The number of nitrogens with zero attached hydrogens (tertiary/aromatic N) is 2. The minimum absolute atomic E-state index is 0.272. The van der Waals surface area contributed by atoms with Gasteiger partial charge in [0.05, 0.1) is 10.9 Å². The average molecular weight is 286 g/mol. The summed E-state index contributed by atoms with van der Waals surface area (Å²) in [5, 5.41) is 7.20. The third kappa shape index (κ3) is 3.16. The highest BCUT2D eigenvalue weighted by atomic mass is 32.2. The van der Waals surface area contributed by atoms with Crippen molar-refractivity contribution in [2.45, 2.75) is 38.5 Å². The number of nitrogens with one attached hydrogen (secondary N) is 2. The maximum Gasteiger partial charge on any atom is 0.214 e. The van der Waals surface area contributed by atoms with Crippen LogP contribution in [0.5, 0.6) is 0 Å². The van der Waals surface area contributed by atoms with E-state index in [1.54, 1.807) is 4.68 Å². The van der Waals surface area contributed by atoms with Crippen LogP contribution in [0.2, 0.25) is 0 Å². The fraction of sp³-hybridized carbons (Fsp3) is 0.750. The molecule has 0 bridgehead atoms. The van der Waals surface area contributed by atoms with E-state index in [-0.39, 0.29) is 5.25 Å². The molecule has 0 aliphatic carbocycles. The fourth-order valence-corrected chi connectivity index (χ4v) is 3.91. The first kappa shape index (κ1) is 14.5. The quantitative estimate of drug-likeness (QED) is 0.829. The largest absolute Gasteiger partial charge is 0.317 e. The lowest BCUT2D eigenvalue weighted by molar-refractivity contribution is 0.489. The van der Waals surface area contributed by atoms with Crippen LogP contribution >= 0.6 is 0 Å². The number of hydrogen-bond donors (Lipinski definition) is 2. The maximum absolute atomic E-state index is 12.2. The fourth-order valence-electron chi connectivity index (χ4n) is 2.47. The highest BCUT2D eigenvalue weighted by molar-refractivity contribution is 7.90. The van der Waals surface area contributed by atoms with Gasteiger partial charge in [0.1, 0.15) is 0 Å². The number of sulfonamides is 1. The van der Waals surface area contributed by atoms with Crippen molar-refractivity contribution in [3.8, 4) is 0 Å². The smallest absolute Gasteiger partial charge is 0.214 e. The molecule has 1 aliphatic heterocycles. The first-order valence-corrected chi connectivity index (χ1v) is 8.14. The number of hydrogen-bond acceptors (Lipinski definition) is 4. The van der Waals surface area contributed by atoms with Crippen molar-refractivity contribution in [3.63, 3.8) is 0 Å². The summed E-state index contributed by atoms with van der Waals surface area (Å²) in [4.78, 5) is 0. The predicted molar refractivity (Wildman–Crippen MR) is 74.3 cm³/mol. The van der Waals surface area contributed by atoms with Gasteiger partial charge in [-0.2, -0.15) is 5.10 Å². The number of aryl methyl sites for hydroxylation is 2. The molecule has 0 spiro atoms. The number of rotatable bonds is 4. The molecule has 108 valence electrons. The van der Waals surface area contributed by atoms with E-state index in [1.165, 1.54) is 0 Å². The summed E-state index contributed by atoms with van der Waals surface area (Å²) >= 11 is 0. The minimum atomic E-state index is -3.23. The second kappa shape index (κ2) is 5.60.